The monoisotopic (exact) mass is 302 g/mol. The van der Waals surface area contributed by atoms with Gasteiger partial charge in [0.25, 0.3) is 0 Å². The first-order valence-corrected chi connectivity index (χ1v) is 6.75. The molecule has 1 unspecified atom stereocenters. The van der Waals surface area contributed by atoms with Gasteiger partial charge in [0.05, 0.1) is 17.5 Å². The van der Waals surface area contributed by atoms with E-state index in [2.05, 4.69) is 0 Å². The molecule has 0 aliphatic carbocycles. The summed E-state index contributed by atoms with van der Waals surface area (Å²) in [5.74, 6) is -0.536. The maximum atomic E-state index is 12.1. The minimum atomic E-state index is -0.987. The zero-order chi connectivity index (χ0) is 15.0. The van der Waals surface area contributed by atoms with Gasteiger partial charge in [-0.1, -0.05) is 23.7 Å². The van der Waals surface area contributed by atoms with Crippen molar-refractivity contribution in [3.63, 3.8) is 0 Å². The van der Waals surface area contributed by atoms with Crippen LogP contribution in [0.4, 0.5) is 0 Å². The lowest BCUT2D eigenvalue weighted by Gasteiger charge is -2.25. The maximum absolute atomic E-state index is 12.1. The number of carboxylic acids is 1. The van der Waals surface area contributed by atoms with Crippen molar-refractivity contribution in [1.29, 1.82) is 0 Å². The summed E-state index contributed by atoms with van der Waals surface area (Å²) in [4.78, 5) is 23.0. The van der Waals surface area contributed by atoms with Crippen molar-refractivity contribution >= 4 is 23.4 Å². The number of ether oxygens (including phenoxy) is 1. The molecular formula is C16H11ClO4. The van der Waals surface area contributed by atoms with Crippen molar-refractivity contribution in [2.24, 2.45) is 0 Å². The molecular weight excluding hydrogens is 292 g/mol. The van der Waals surface area contributed by atoms with E-state index in [1.807, 2.05) is 0 Å². The highest BCUT2D eigenvalue weighted by molar-refractivity contribution is 6.30. The first-order valence-electron chi connectivity index (χ1n) is 6.37. The van der Waals surface area contributed by atoms with Gasteiger partial charge in [-0.3, -0.25) is 4.79 Å². The molecule has 0 spiro atoms. The third-order valence-electron chi connectivity index (χ3n) is 3.41. The molecule has 0 amide bonds. The lowest BCUT2D eigenvalue weighted by Crippen LogP contribution is -2.20. The van der Waals surface area contributed by atoms with E-state index >= 15 is 0 Å². The Bertz CT molecular complexity index is 722. The molecule has 5 heteroatoms. The van der Waals surface area contributed by atoms with Crippen LogP contribution in [0.2, 0.25) is 5.02 Å². The zero-order valence-electron chi connectivity index (χ0n) is 10.9. The van der Waals surface area contributed by atoms with E-state index in [1.54, 1.807) is 30.3 Å². The molecule has 1 aliphatic rings. The molecule has 0 fully saturated rings. The highest BCUT2D eigenvalue weighted by Crippen LogP contribution is 2.36. The van der Waals surface area contributed by atoms with Crippen LogP contribution < -0.4 is 4.74 Å². The van der Waals surface area contributed by atoms with Crippen LogP contribution in [0.25, 0.3) is 0 Å². The minimum absolute atomic E-state index is 0.0137. The Hall–Kier alpha value is -2.33. The molecule has 21 heavy (non-hydrogen) atoms. The van der Waals surface area contributed by atoms with Crippen LogP contribution in [-0.2, 0) is 0 Å². The second-order valence-corrected chi connectivity index (χ2v) is 5.24. The summed E-state index contributed by atoms with van der Waals surface area (Å²) in [6.45, 7) is 0. The van der Waals surface area contributed by atoms with Crippen molar-refractivity contribution in [3.05, 3.63) is 64.2 Å². The second-order valence-electron chi connectivity index (χ2n) is 4.80. The number of halogens is 1. The Morgan fingerprint density at radius 2 is 1.90 bits per heavy atom. The van der Waals surface area contributed by atoms with Gasteiger partial charge in [-0.05, 0) is 35.9 Å². The molecule has 0 bridgehead atoms. The number of hydrogen-bond donors (Lipinski definition) is 1. The largest absolute Gasteiger partial charge is 0.484 e. The van der Waals surface area contributed by atoms with Crippen molar-refractivity contribution in [1.82, 2.24) is 0 Å². The van der Waals surface area contributed by atoms with E-state index in [0.717, 1.165) is 5.56 Å². The Labute approximate surface area is 125 Å². The molecule has 0 aromatic heterocycles. The van der Waals surface area contributed by atoms with Gasteiger partial charge in [0.2, 0.25) is 0 Å². The first-order chi connectivity index (χ1) is 10.0. The van der Waals surface area contributed by atoms with E-state index in [-0.39, 0.29) is 17.8 Å². The molecule has 1 aliphatic heterocycles. The molecule has 0 saturated heterocycles. The van der Waals surface area contributed by atoms with Crippen LogP contribution in [0.5, 0.6) is 5.75 Å². The molecule has 1 heterocycles. The average Bonchev–Trinajstić information content (AvgIpc) is 2.46. The number of carbonyl (C=O) groups excluding carboxylic acids is 1. The van der Waals surface area contributed by atoms with E-state index < -0.39 is 12.1 Å². The first kappa shape index (κ1) is 13.6. The fraction of sp³-hybridized carbons (Fsp3) is 0.125. The van der Waals surface area contributed by atoms with E-state index in [9.17, 15) is 9.59 Å². The highest BCUT2D eigenvalue weighted by Gasteiger charge is 2.27. The van der Waals surface area contributed by atoms with Crippen LogP contribution in [0, 0.1) is 0 Å². The van der Waals surface area contributed by atoms with Gasteiger partial charge >= 0.3 is 5.97 Å². The lowest BCUT2D eigenvalue weighted by molar-refractivity contribution is 0.0695. The van der Waals surface area contributed by atoms with Crippen molar-refractivity contribution in [3.8, 4) is 5.75 Å². The molecule has 3 rings (SSSR count). The zero-order valence-corrected chi connectivity index (χ0v) is 11.6. The Morgan fingerprint density at radius 3 is 2.57 bits per heavy atom. The fourth-order valence-electron chi connectivity index (χ4n) is 2.32. The fourth-order valence-corrected chi connectivity index (χ4v) is 2.49. The second kappa shape index (κ2) is 5.22. The number of carbonyl (C=O) groups is 2. The van der Waals surface area contributed by atoms with Crippen molar-refractivity contribution < 1.29 is 19.4 Å². The quantitative estimate of drug-likeness (QED) is 0.917. The number of Topliss-reactive ketones (excluding diaryl/α,β-unsaturated/α-hetero) is 1. The van der Waals surface area contributed by atoms with Gasteiger partial charge < -0.3 is 9.84 Å². The smallest absolute Gasteiger partial charge is 0.335 e. The van der Waals surface area contributed by atoms with E-state index in [0.29, 0.717) is 16.3 Å². The number of aromatic carboxylic acids is 1. The third-order valence-corrected chi connectivity index (χ3v) is 3.65. The summed E-state index contributed by atoms with van der Waals surface area (Å²) in [7, 11) is 0. The predicted molar refractivity (Wildman–Crippen MR) is 77.2 cm³/mol. The van der Waals surface area contributed by atoms with Gasteiger partial charge in [-0.2, -0.15) is 0 Å². The molecule has 1 N–H and O–H groups in total. The number of hydrogen-bond acceptors (Lipinski definition) is 3. The van der Waals surface area contributed by atoms with Crippen LogP contribution in [0.3, 0.4) is 0 Å². The topological polar surface area (TPSA) is 63.6 Å². The summed E-state index contributed by atoms with van der Waals surface area (Å²) in [6, 6.07) is 11.3. The molecule has 2 aromatic rings. The van der Waals surface area contributed by atoms with E-state index in [4.69, 9.17) is 21.4 Å². The molecule has 4 nitrogen and oxygen atoms in total. The average molecular weight is 303 g/mol. The Morgan fingerprint density at radius 1 is 1.19 bits per heavy atom. The summed E-state index contributed by atoms with van der Waals surface area (Å²) >= 11 is 5.92. The van der Waals surface area contributed by atoms with Gasteiger partial charge in [-0.25, -0.2) is 4.79 Å². The Balaban J connectivity index is 1.91. The number of fused-ring (bicyclic) bond motifs is 1. The van der Waals surface area contributed by atoms with E-state index in [1.165, 1.54) is 12.1 Å². The SMILES string of the molecule is O=C(O)c1ccc(C2CC(=O)c3ccc(Cl)cc3O2)cc1. The number of ketones is 1. The molecule has 106 valence electrons. The normalized spacial score (nSPS) is 17.0. The molecule has 0 saturated carbocycles. The maximum Gasteiger partial charge on any atom is 0.335 e. The van der Waals surface area contributed by atoms with Crippen LogP contribution in [-0.4, -0.2) is 16.9 Å². The van der Waals surface area contributed by atoms with Crippen LogP contribution in [0.15, 0.2) is 42.5 Å². The minimum Gasteiger partial charge on any atom is -0.484 e. The van der Waals surface area contributed by atoms with Crippen molar-refractivity contribution in [2.45, 2.75) is 12.5 Å². The van der Waals surface area contributed by atoms with Gasteiger partial charge in [0.1, 0.15) is 11.9 Å². The summed E-state index contributed by atoms with van der Waals surface area (Å²) in [6.07, 6.45) is -0.201. The summed E-state index contributed by atoms with van der Waals surface area (Å²) in [5.41, 5.74) is 1.49. The van der Waals surface area contributed by atoms with Gasteiger partial charge in [0, 0.05) is 5.02 Å². The molecule has 0 radical (unpaired) electrons. The summed E-state index contributed by atoms with van der Waals surface area (Å²) < 4.78 is 5.82. The molecule has 1 atom stereocenters. The third kappa shape index (κ3) is 2.62. The Kier molecular flexibility index (Phi) is 3.39. The lowest BCUT2D eigenvalue weighted by atomic mass is 9.96. The van der Waals surface area contributed by atoms with Crippen LogP contribution >= 0.6 is 11.6 Å². The van der Waals surface area contributed by atoms with Crippen LogP contribution in [0.1, 0.15) is 38.8 Å². The van der Waals surface area contributed by atoms with Crippen molar-refractivity contribution in [2.75, 3.05) is 0 Å². The predicted octanol–water partition coefficient (Wildman–Crippen LogP) is 3.74. The van der Waals surface area contributed by atoms with Gasteiger partial charge in [0.15, 0.2) is 5.78 Å². The standard InChI is InChI=1S/C16H11ClO4/c17-11-5-6-12-13(18)8-14(21-15(12)7-11)9-1-3-10(4-2-9)16(19)20/h1-7,14H,8H2,(H,19,20). The number of benzene rings is 2. The molecule has 2 aromatic carbocycles. The van der Waals surface area contributed by atoms with Gasteiger partial charge in [-0.15, -0.1) is 0 Å². The highest BCUT2D eigenvalue weighted by atomic mass is 35.5. The number of rotatable bonds is 2. The summed E-state index contributed by atoms with van der Waals surface area (Å²) in [5, 5.41) is 9.39. The number of carboxylic acid groups (broad SMARTS) is 1.